The molecule has 0 aliphatic heterocycles. The van der Waals surface area contributed by atoms with Gasteiger partial charge in [0.2, 0.25) is 5.95 Å². The van der Waals surface area contributed by atoms with E-state index in [-0.39, 0.29) is 0 Å². The first kappa shape index (κ1) is 14.4. The molecule has 3 nitrogen and oxygen atoms in total. The summed E-state index contributed by atoms with van der Waals surface area (Å²) in [5.74, 6) is -0.890. The standard InChI is InChI=1S/C15H17F2N3/c1-9(2)14-6-10(3)19-15(20-14)18-8-11-4-5-12(16)13(17)7-11/h4-7,9H,8H2,1-3H3,(H,18,19,20). The lowest BCUT2D eigenvalue weighted by Crippen LogP contribution is -2.07. The highest BCUT2D eigenvalue weighted by atomic mass is 19.2. The SMILES string of the molecule is Cc1cc(C(C)C)nc(NCc2ccc(F)c(F)c2)n1. The van der Waals surface area contributed by atoms with Gasteiger partial charge in [-0.3, -0.25) is 0 Å². The van der Waals surface area contributed by atoms with Gasteiger partial charge in [0.25, 0.3) is 0 Å². The molecule has 5 heteroatoms. The number of hydrogen-bond donors (Lipinski definition) is 1. The summed E-state index contributed by atoms with van der Waals surface area (Å²) in [6.07, 6.45) is 0. The van der Waals surface area contributed by atoms with E-state index in [2.05, 4.69) is 29.1 Å². The average molecular weight is 277 g/mol. The summed E-state index contributed by atoms with van der Waals surface area (Å²) in [6, 6.07) is 5.75. The van der Waals surface area contributed by atoms with Crippen LogP contribution in [0.1, 0.15) is 36.7 Å². The highest BCUT2D eigenvalue weighted by Crippen LogP contribution is 2.15. The number of anilines is 1. The van der Waals surface area contributed by atoms with Crippen LogP contribution in [-0.2, 0) is 6.54 Å². The molecule has 0 unspecified atom stereocenters. The first-order valence-corrected chi connectivity index (χ1v) is 6.49. The first-order valence-electron chi connectivity index (χ1n) is 6.49. The molecule has 0 saturated heterocycles. The van der Waals surface area contributed by atoms with Crippen molar-refractivity contribution in [1.29, 1.82) is 0 Å². The van der Waals surface area contributed by atoms with Crippen molar-refractivity contribution in [2.75, 3.05) is 5.32 Å². The van der Waals surface area contributed by atoms with Crippen molar-refractivity contribution in [3.63, 3.8) is 0 Å². The molecule has 0 radical (unpaired) electrons. The van der Waals surface area contributed by atoms with Crippen molar-refractivity contribution in [2.45, 2.75) is 33.2 Å². The summed E-state index contributed by atoms with van der Waals surface area (Å²) in [4.78, 5) is 8.68. The lowest BCUT2D eigenvalue weighted by atomic mass is 10.1. The lowest BCUT2D eigenvalue weighted by Gasteiger charge is -2.10. The Balaban J connectivity index is 2.12. The number of aromatic nitrogens is 2. The second-order valence-electron chi connectivity index (χ2n) is 5.01. The van der Waals surface area contributed by atoms with Crippen molar-refractivity contribution in [3.8, 4) is 0 Å². The van der Waals surface area contributed by atoms with Crippen LogP contribution < -0.4 is 5.32 Å². The summed E-state index contributed by atoms with van der Waals surface area (Å²) in [5, 5.41) is 3.03. The summed E-state index contributed by atoms with van der Waals surface area (Å²) in [7, 11) is 0. The minimum absolute atomic E-state index is 0.306. The summed E-state index contributed by atoms with van der Waals surface area (Å²) in [5.41, 5.74) is 2.46. The zero-order valence-corrected chi connectivity index (χ0v) is 11.7. The van der Waals surface area contributed by atoms with Crippen LogP contribution >= 0.6 is 0 Å². The topological polar surface area (TPSA) is 37.8 Å². The van der Waals surface area contributed by atoms with E-state index in [4.69, 9.17) is 0 Å². The van der Waals surface area contributed by atoms with Crippen molar-refractivity contribution >= 4 is 5.95 Å². The molecule has 2 rings (SSSR count). The molecule has 1 N–H and O–H groups in total. The Kier molecular flexibility index (Phi) is 4.27. The van der Waals surface area contributed by atoms with Gasteiger partial charge in [0.05, 0.1) is 0 Å². The van der Waals surface area contributed by atoms with Gasteiger partial charge < -0.3 is 5.32 Å². The Morgan fingerprint density at radius 2 is 1.85 bits per heavy atom. The zero-order valence-electron chi connectivity index (χ0n) is 11.7. The first-order chi connectivity index (χ1) is 9.45. The third-order valence-electron chi connectivity index (χ3n) is 2.90. The number of nitrogens with zero attached hydrogens (tertiary/aromatic N) is 2. The van der Waals surface area contributed by atoms with Crippen LogP contribution in [0.15, 0.2) is 24.3 Å². The van der Waals surface area contributed by atoms with Gasteiger partial charge in [0.15, 0.2) is 11.6 Å². The average Bonchev–Trinajstić information content (AvgIpc) is 2.39. The van der Waals surface area contributed by atoms with Crippen LogP contribution in [0.3, 0.4) is 0 Å². The summed E-state index contributed by atoms with van der Waals surface area (Å²) < 4.78 is 25.9. The van der Waals surface area contributed by atoms with Crippen LogP contribution in [0.5, 0.6) is 0 Å². The minimum atomic E-state index is -0.850. The maximum Gasteiger partial charge on any atom is 0.223 e. The van der Waals surface area contributed by atoms with Crippen molar-refractivity contribution in [2.24, 2.45) is 0 Å². The lowest BCUT2D eigenvalue weighted by molar-refractivity contribution is 0.507. The van der Waals surface area contributed by atoms with Gasteiger partial charge in [-0.2, -0.15) is 0 Å². The molecule has 20 heavy (non-hydrogen) atoms. The van der Waals surface area contributed by atoms with Gasteiger partial charge in [-0.05, 0) is 36.6 Å². The Morgan fingerprint density at radius 1 is 1.10 bits per heavy atom. The largest absolute Gasteiger partial charge is 0.350 e. The van der Waals surface area contributed by atoms with Crippen LogP contribution in [0, 0.1) is 18.6 Å². The van der Waals surface area contributed by atoms with Crippen LogP contribution in [0.25, 0.3) is 0 Å². The fourth-order valence-electron chi connectivity index (χ4n) is 1.80. The molecule has 0 aliphatic rings. The smallest absolute Gasteiger partial charge is 0.223 e. The predicted molar refractivity (Wildman–Crippen MR) is 74.5 cm³/mol. The highest BCUT2D eigenvalue weighted by Gasteiger charge is 2.07. The number of benzene rings is 1. The third-order valence-corrected chi connectivity index (χ3v) is 2.90. The van der Waals surface area contributed by atoms with E-state index >= 15 is 0 Å². The van der Waals surface area contributed by atoms with E-state index in [0.29, 0.717) is 24.0 Å². The number of halogens is 2. The molecule has 2 aromatic rings. The van der Waals surface area contributed by atoms with E-state index in [1.54, 1.807) is 0 Å². The molecular formula is C15H17F2N3. The third kappa shape index (κ3) is 3.50. The number of aryl methyl sites for hydroxylation is 1. The van der Waals surface area contributed by atoms with Crippen molar-refractivity contribution in [1.82, 2.24) is 9.97 Å². The summed E-state index contributed by atoms with van der Waals surface area (Å²) >= 11 is 0. The van der Waals surface area contributed by atoms with Crippen molar-refractivity contribution in [3.05, 3.63) is 52.9 Å². The van der Waals surface area contributed by atoms with Crippen LogP contribution in [-0.4, -0.2) is 9.97 Å². The highest BCUT2D eigenvalue weighted by molar-refractivity contribution is 5.31. The molecular weight excluding hydrogens is 260 g/mol. The second kappa shape index (κ2) is 5.94. The fourth-order valence-corrected chi connectivity index (χ4v) is 1.80. The van der Waals surface area contributed by atoms with Gasteiger partial charge >= 0.3 is 0 Å². The summed E-state index contributed by atoms with van der Waals surface area (Å²) in [6.45, 7) is 6.36. The monoisotopic (exact) mass is 277 g/mol. The molecule has 0 saturated carbocycles. The second-order valence-corrected chi connectivity index (χ2v) is 5.01. The van der Waals surface area contributed by atoms with Gasteiger partial charge in [0, 0.05) is 17.9 Å². The van der Waals surface area contributed by atoms with Gasteiger partial charge in [-0.25, -0.2) is 18.7 Å². The molecule has 1 aromatic heterocycles. The van der Waals surface area contributed by atoms with E-state index in [9.17, 15) is 8.78 Å². The Morgan fingerprint density at radius 3 is 2.50 bits per heavy atom. The minimum Gasteiger partial charge on any atom is -0.350 e. The Hall–Kier alpha value is -2.04. The molecule has 0 spiro atoms. The molecule has 0 amide bonds. The number of hydrogen-bond acceptors (Lipinski definition) is 3. The van der Waals surface area contributed by atoms with E-state index in [0.717, 1.165) is 17.5 Å². The van der Waals surface area contributed by atoms with Crippen LogP contribution in [0.2, 0.25) is 0 Å². The van der Waals surface area contributed by atoms with E-state index in [1.807, 2.05) is 13.0 Å². The molecule has 0 bridgehead atoms. The van der Waals surface area contributed by atoms with E-state index < -0.39 is 11.6 Å². The number of nitrogens with one attached hydrogen (secondary N) is 1. The molecule has 0 aliphatic carbocycles. The molecule has 1 heterocycles. The predicted octanol–water partition coefficient (Wildman–Crippen LogP) is 3.80. The fraction of sp³-hybridized carbons (Fsp3) is 0.333. The number of rotatable bonds is 4. The molecule has 0 fully saturated rings. The van der Waals surface area contributed by atoms with Gasteiger partial charge in [-0.15, -0.1) is 0 Å². The quantitative estimate of drug-likeness (QED) is 0.923. The molecule has 1 aromatic carbocycles. The Labute approximate surface area is 117 Å². The van der Waals surface area contributed by atoms with Crippen molar-refractivity contribution < 1.29 is 8.78 Å². The van der Waals surface area contributed by atoms with Crippen LogP contribution in [0.4, 0.5) is 14.7 Å². The molecule has 106 valence electrons. The van der Waals surface area contributed by atoms with Gasteiger partial charge in [0.1, 0.15) is 0 Å². The maximum absolute atomic E-state index is 13.1. The van der Waals surface area contributed by atoms with E-state index in [1.165, 1.54) is 12.1 Å². The Bertz CT molecular complexity index is 612. The zero-order chi connectivity index (χ0) is 14.7. The maximum atomic E-state index is 13.1. The normalized spacial score (nSPS) is 10.9. The van der Waals surface area contributed by atoms with Gasteiger partial charge in [-0.1, -0.05) is 19.9 Å². The molecule has 0 atom stereocenters.